The minimum absolute atomic E-state index is 0.0249. The van der Waals surface area contributed by atoms with Crippen molar-refractivity contribution in [2.45, 2.75) is 24.7 Å². The van der Waals surface area contributed by atoms with Crippen LogP contribution in [0.1, 0.15) is 35.8 Å². The van der Waals surface area contributed by atoms with E-state index in [4.69, 9.17) is 5.11 Å². The van der Waals surface area contributed by atoms with E-state index in [9.17, 15) is 0 Å². The highest BCUT2D eigenvalue weighted by Gasteiger charge is 2.26. The average Bonchev–Trinajstić information content (AvgIpc) is 3.01. The molecule has 2 heteroatoms. The molecule has 0 saturated heterocycles. The maximum atomic E-state index is 9.07. The Morgan fingerprint density at radius 1 is 1.50 bits per heavy atom. The molecule has 0 amide bonds. The molecule has 1 aromatic rings. The molecule has 1 radical (unpaired) electrons. The van der Waals surface area contributed by atoms with Crippen LogP contribution in [0.25, 0.3) is 0 Å². The summed E-state index contributed by atoms with van der Waals surface area (Å²) in [5, 5.41) is 9.07. The molecule has 1 aromatic carbocycles. The number of benzene rings is 1. The number of aliphatic hydroxyl groups is 1. The van der Waals surface area contributed by atoms with Gasteiger partial charge in [-0.25, -0.2) is 0 Å². The van der Waals surface area contributed by atoms with Gasteiger partial charge in [0.1, 0.15) is 0 Å². The molecule has 1 aliphatic rings. The number of hydrogen-bond acceptors (Lipinski definition) is 1. The summed E-state index contributed by atoms with van der Waals surface area (Å²) >= 11 is 3.61. The third kappa shape index (κ3) is 1.86. The minimum atomic E-state index is -0.0249. The molecule has 1 fully saturated rings. The lowest BCUT2D eigenvalue weighted by molar-refractivity contribution is 0.282. The van der Waals surface area contributed by atoms with E-state index < -0.39 is 0 Å². The summed E-state index contributed by atoms with van der Waals surface area (Å²) in [6, 6.07) is 6.25. The van der Waals surface area contributed by atoms with E-state index in [-0.39, 0.29) is 12.5 Å². The first kappa shape index (κ1) is 10.2. The molecule has 0 bridgehead atoms. The second kappa shape index (κ2) is 4.03. The number of aliphatic hydroxyl groups excluding tert-OH is 1. The van der Waals surface area contributed by atoms with E-state index in [1.165, 1.54) is 18.4 Å². The Morgan fingerprint density at radius 2 is 2.21 bits per heavy atom. The zero-order valence-electron chi connectivity index (χ0n) is 8.04. The normalized spacial score (nSPS) is 18.2. The van der Waals surface area contributed by atoms with Crippen molar-refractivity contribution in [2.24, 2.45) is 0 Å². The van der Waals surface area contributed by atoms with Crippen LogP contribution in [0.4, 0.5) is 0 Å². The van der Waals surface area contributed by atoms with E-state index >= 15 is 0 Å². The van der Waals surface area contributed by atoms with Crippen LogP contribution in [0, 0.1) is 6.92 Å². The van der Waals surface area contributed by atoms with E-state index in [2.05, 4.69) is 35.0 Å². The Labute approximate surface area is 93.3 Å². The lowest BCUT2D eigenvalue weighted by Gasteiger charge is -2.13. The Hall–Kier alpha value is -0.340. The van der Waals surface area contributed by atoms with Crippen molar-refractivity contribution in [3.05, 3.63) is 40.7 Å². The largest absolute Gasteiger partial charge is 0.396 e. The lowest BCUT2D eigenvalue weighted by Crippen LogP contribution is -2.01. The van der Waals surface area contributed by atoms with Gasteiger partial charge >= 0.3 is 0 Å². The molecule has 1 saturated carbocycles. The van der Waals surface area contributed by atoms with Crippen LogP contribution in [0.2, 0.25) is 0 Å². The van der Waals surface area contributed by atoms with Crippen molar-refractivity contribution < 1.29 is 5.11 Å². The molecule has 1 aliphatic carbocycles. The van der Waals surface area contributed by atoms with Gasteiger partial charge in [-0.3, -0.25) is 0 Å². The van der Waals surface area contributed by atoms with Crippen LogP contribution in [0.3, 0.4) is 0 Å². The van der Waals surface area contributed by atoms with Gasteiger partial charge in [0.05, 0.1) is 0 Å². The summed E-state index contributed by atoms with van der Waals surface area (Å²) in [5.74, 6) is 0.707. The molecule has 1 atom stereocenters. The quantitative estimate of drug-likeness (QED) is 0.877. The molecule has 0 aromatic heterocycles. The first-order chi connectivity index (χ1) is 6.74. The molecule has 1 unspecified atom stereocenters. The van der Waals surface area contributed by atoms with E-state index in [0.29, 0.717) is 0 Å². The summed E-state index contributed by atoms with van der Waals surface area (Å²) in [4.78, 5) is 0. The molecular weight excluding hydrogens is 240 g/mol. The first-order valence-corrected chi connectivity index (χ1v) is 5.75. The third-order valence-electron chi connectivity index (χ3n) is 2.74. The van der Waals surface area contributed by atoms with Crippen molar-refractivity contribution in [3.63, 3.8) is 0 Å². The maximum Gasteiger partial charge on any atom is 0.0500 e. The predicted molar refractivity (Wildman–Crippen MR) is 61.3 cm³/mol. The summed E-state index contributed by atoms with van der Waals surface area (Å²) < 4.78 is 1.15. The van der Waals surface area contributed by atoms with Crippen LogP contribution >= 0.6 is 15.9 Å². The highest BCUT2D eigenvalue weighted by Crippen LogP contribution is 2.44. The first-order valence-electron chi connectivity index (χ1n) is 4.96. The predicted octanol–water partition coefficient (Wildman–Crippen LogP) is 3.24. The third-order valence-corrected chi connectivity index (χ3v) is 3.65. The summed E-state index contributed by atoms with van der Waals surface area (Å²) in [6.45, 7) is 4.03. The highest BCUT2D eigenvalue weighted by molar-refractivity contribution is 9.10. The van der Waals surface area contributed by atoms with Gasteiger partial charge < -0.3 is 5.11 Å². The average molecular weight is 254 g/mol. The van der Waals surface area contributed by atoms with E-state index in [1.807, 2.05) is 6.07 Å². The van der Waals surface area contributed by atoms with Crippen molar-refractivity contribution in [1.29, 1.82) is 0 Å². The van der Waals surface area contributed by atoms with Gasteiger partial charge in [-0.1, -0.05) is 34.1 Å². The molecule has 14 heavy (non-hydrogen) atoms. The molecule has 0 aliphatic heterocycles. The smallest absolute Gasteiger partial charge is 0.0500 e. The van der Waals surface area contributed by atoms with Crippen molar-refractivity contribution in [1.82, 2.24) is 0 Å². The van der Waals surface area contributed by atoms with Gasteiger partial charge in [-0.2, -0.15) is 0 Å². The lowest BCUT2D eigenvalue weighted by atomic mass is 9.98. The summed E-state index contributed by atoms with van der Waals surface area (Å²) in [6.07, 6.45) is 2.59. The van der Waals surface area contributed by atoms with Gasteiger partial charge in [0.25, 0.3) is 0 Å². The standard InChI is InChI=1S/C12H14BrO/c1-8(7-14)10-3-2-4-11(12(10)13)9-5-6-9/h2-4,8-9,14H,1,5-7H2. The molecule has 75 valence electrons. The second-order valence-corrected chi connectivity index (χ2v) is 4.70. The van der Waals surface area contributed by atoms with Gasteiger partial charge in [-0.15, -0.1) is 0 Å². The maximum absolute atomic E-state index is 9.07. The minimum Gasteiger partial charge on any atom is -0.396 e. The van der Waals surface area contributed by atoms with Crippen LogP contribution in [0.5, 0.6) is 0 Å². The molecular formula is C12H14BrO. The molecule has 0 heterocycles. The van der Waals surface area contributed by atoms with E-state index in [0.717, 1.165) is 16.0 Å². The van der Waals surface area contributed by atoms with Crippen LogP contribution in [-0.4, -0.2) is 11.7 Å². The van der Waals surface area contributed by atoms with Crippen molar-refractivity contribution in [3.8, 4) is 0 Å². The Kier molecular flexibility index (Phi) is 2.93. The monoisotopic (exact) mass is 253 g/mol. The Bertz CT molecular complexity index is 331. The van der Waals surface area contributed by atoms with Gasteiger partial charge in [-0.05, 0) is 36.8 Å². The molecule has 2 rings (SSSR count). The van der Waals surface area contributed by atoms with Crippen LogP contribution < -0.4 is 0 Å². The zero-order chi connectivity index (χ0) is 10.1. The van der Waals surface area contributed by atoms with E-state index in [1.54, 1.807) is 0 Å². The van der Waals surface area contributed by atoms with Gasteiger partial charge in [0, 0.05) is 17.0 Å². The topological polar surface area (TPSA) is 20.2 Å². The molecule has 1 N–H and O–H groups in total. The summed E-state index contributed by atoms with van der Waals surface area (Å²) in [5.41, 5.74) is 2.50. The summed E-state index contributed by atoms with van der Waals surface area (Å²) in [7, 11) is 0. The van der Waals surface area contributed by atoms with Crippen molar-refractivity contribution in [2.75, 3.05) is 6.61 Å². The van der Waals surface area contributed by atoms with Gasteiger partial charge in [0.15, 0.2) is 0 Å². The molecule has 1 nitrogen and oxygen atoms in total. The van der Waals surface area contributed by atoms with Gasteiger partial charge in [0.2, 0.25) is 0 Å². The SMILES string of the molecule is [CH2]C(CO)c1cccc(C2CC2)c1Br. The fraction of sp³-hybridized carbons (Fsp3) is 0.417. The van der Waals surface area contributed by atoms with Crippen LogP contribution in [-0.2, 0) is 0 Å². The highest BCUT2D eigenvalue weighted by atomic mass is 79.9. The molecule has 0 spiro atoms. The number of halogens is 1. The fourth-order valence-electron chi connectivity index (χ4n) is 1.69. The number of rotatable bonds is 3. The van der Waals surface area contributed by atoms with Crippen molar-refractivity contribution >= 4 is 15.9 Å². The van der Waals surface area contributed by atoms with Crippen LogP contribution in [0.15, 0.2) is 22.7 Å². The second-order valence-electron chi connectivity index (χ2n) is 3.90. The Balaban J connectivity index is 2.35. The zero-order valence-corrected chi connectivity index (χ0v) is 9.63. The Morgan fingerprint density at radius 3 is 2.79 bits per heavy atom. The number of hydrogen-bond donors (Lipinski definition) is 1. The fourth-order valence-corrected chi connectivity index (χ4v) is 2.60.